The summed E-state index contributed by atoms with van der Waals surface area (Å²) in [6, 6.07) is 0.418. The van der Waals surface area contributed by atoms with Gasteiger partial charge in [0.1, 0.15) is 11.3 Å². The molecule has 0 fully saturated rings. The molecule has 0 saturated heterocycles. The molecule has 0 aliphatic heterocycles. The lowest BCUT2D eigenvalue weighted by Crippen LogP contribution is -2.11. The molecule has 0 spiro atoms. The standard InChI is InChI=1S/C11H12F3N3O3/c1-16(2)5-4-8-9(17(18)19)6-7(11(12,13)14)10(15-8)20-3/h4-6H,1-3H3/b5-4+. The third-order valence-electron chi connectivity index (χ3n) is 2.22. The van der Waals surface area contributed by atoms with Crippen molar-refractivity contribution in [1.29, 1.82) is 0 Å². The first-order chi connectivity index (χ1) is 9.16. The number of nitro groups is 1. The van der Waals surface area contributed by atoms with E-state index >= 15 is 0 Å². The van der Waals surface area contributed by atoms with Crippen LogP contribution in [0.25, 0.3) is 6.08 Å². The minimum atomic E-state index is -4.78. The Morgan fingerprint density at radius 2 is 2.05 bits per heavy atom. The molecule has 0 bridgehead atoms. The molecule has 20 heavy (non-hydrogen) atoms. The van der Waals surface area contributed by atoms with Crippen molar-refractivity contribution in [3.8, 4) is 5.88 Å². The molecular formula is C11H12F3N3O3. The van der Waals surface area contributed by atoms with Crippen LogP contribution in [0.15, 0.2) is 12.3 Å². The molecular weight excluding hydrogens is 279 g/mol. The summed E-state index contributed by atoms with van der Waals surface area (Å²) < 4.78 is 42.8. The first-order valence-electron chi connectivity index (χ1n) is 5.32. The van der Waals surface area contributed by atoms with Crippen LogP contribution in [0.2, 0.25) is 0 Å². The van der Waals surface area contributed by atoms with Gasteiger partial charge >= 0.3 is 6.18 Å². The van der Waals surface area contributed by atoms with Crippen molar-refractivity contribution in [1.82, 2.24) is 9.88 Å². The first-order valence-corrected chi connectivity index (χ1v) is 5.32. The van der Waals surface area contributed by atoms with Gasteiger partial charge in [0.25, 0.3) is 5.69 Å². The van der Waals surface area contributed by atoms with Crippen molar-refractivity contribution in [2.75, 3.05) is 21.2 Å². The van der Waals surface area contributed by atoms with Gasteiger partial charge in [-0.15, -0.1) is 0 Å². The van der Waals surface area contributed by atoms with Crippen LogP contribution >= 0.6 is 0 Å². The summed E-state index contributed by atoms with van der Waals surface area (Å²) in [6.07, 6.45) is -2.12. The van der Waals surface area contributed by atoms with Crippen LogP contribution in [0.3, 0.4) is 0 Å². The highest BCUT2D eigenvalue weighted by atomic mass is 19.4. The Balaban J connectivity index is 3.49. The zero-order chi connectivity index (χ0) is 15.5. The Bertz CT molecular complexity index is 542. The number of hydrogen-bond donors (Lipinski definition) is 0. The smallest absolute Gasteiger partial charge is 0.421 e. The second kappa shape index (κ2) is 5.76. The Morgan fingerprint density at radius 3 is 2.45 bits per heavy atom. The Hall–Kier alpha value is -2.32. The molecule has 0 aliphatic carbocycles. The predicted octanol–water partition coefficient (Wildman–Crippen LogP) is 2.55. The van der Waals surface area contributed by atoms with Crippen molar-refractivity contribution in [2.24, 2.45) is 0 Å². The van der Waals surface area contributed by atoms with Gasteiger partial charge in [-0.1, -0.05) is 0 Å². The number of methoxy groups -OCH3 is 1. The van der Waals surface area contributed by atoms with Crippen LogP contribution in [-0.4, -0.2) is 36.0 Å². The minimum absolute atomic E-state index is 0.214. The quantitative estimate of drug-likeness (QED) is 0.630. The molecule has 1 aromatic heterocycles. The summed E-state index contributed by atoms with van der Waals surface area (Å²) in [6.45, 7) is 0. The fourth-order valence-corrected chi connectivity index (χ4v) is 1.35. The van der Waals surface area contributed by atoms with Crippen LogP contribution in [0, 0.1) is 10.1 Å². The largest absolute Gasteiger partial charge is 0.481 e. The first kappa shape index (κ1) is 15.7. The summed E-state index contributed by atoms with van der Waals surface area (Å²) in [5.74, 6) is -0.707. The summed E-state index contributed by atoms with van der Waals surface area (Å²) in [4.78, 5) is 15.1. The summed E-state index contributed by atoms with van der Waals surface area (Å²) in [5.41, 5.74) is -2.24. The molecule has 0 aliphatic rings. The van der Waals surface area contributed by atoms with Gasteiger partial charge in [-0.05, 0) is 6.08 Å². The maximum atomic E-state index is 12.8. The second-order valence-electron chi connectivity index (χ2n) is 3.98. The fourth-order valence-electron chi connectivity index (χ4n) is 1.35. The van der Waals surface area contributed by atoms with Gasteiger partial charge < -0.3 is 9.64 Å². The third-order valence-corrected chi connectivity index (χ3v) is 2.22. The molecule has 1 heterocycles. The van der Waals surface area contributed by atoms with E-state index in [2.05, 4.69) is 9.72 Å². The van der Waals surface area contributed by atoms with Gasteiger partial charge in [0.15, 0.2) is 0 Å². The summed E-state index contributed by atoms with van der Waals surface area (Å²) in [7, 11) is 4.33. The molecule has 1 rings (SSSR count). The zero-order valence-corrected chi connectivity index (χ0v) is 10.9. The fraction of sp³-hybridized carbons (Fsp3) is 0.364. The molecule has 0 radical (unpaired) electrons. The van der Waals surface area contributed by atoms with Gasteiger partial charge in [0.05, 0.1) is 12.0 Å². The van der Waals surface area contributed by atoms with E-state index in [1.165, 1.54) is 12.3 Å². The molecule has 9 heteroatoms. The van der Waals surface area contributed by atoms with E-state index in [9.17, 15) is 23.3 Å². The lowest BCUT2D eigenvalue weighted by Gasteiger charge is -2.12. The number of halogens is 3. The van der Waals surface area contributed by atoms with Crippen LogP contribution < -0.4 is 4.74 Å². The lowest BCUT2D eigenvalue weighted by atomic mass is 10.2. The van der Waals surface area contributed by atoms with Crippen molar-refractivity contribution >= 4 is 11.8 Å². The molecule has 6 nitrogen and oxygen atoms in total. The Kier molecular flexibility index (Phi) is 4.53. The molecule has 0 amide bonds. The minimum Gasteiger partial charge on any atom is -0.481 e. The predicted molar refractivity (Wildman–Crippen MR) is 65.2 cm³/mol. The van der Waals surface area contributed by atoms with Gasteiger partial charge in [0.2, 0.25) is 5.88 Å². The number of hydrogen-bond acceptors (Lipinski definition) is 5. The van der Waals surface area contributed by atoms with Gasteiger partial charge in [-0.3, -0.25) is 10.1 Å². The molecule has 0 unspecified atom stereocenters. The van der Waals surface area contributed by atoms with Gasteiger partial charge in [-0.2, -0.15) is 13.2 Å². The lowest BCUT2D eigenvalue weighted by molar-refractivity contribution is -0.385. The Morgan fingerprint density at radius 1 is 1.45 bits per heavy atom. The van der Waals surface area contributed by atoms with Crippen molar-refractivity contribution < 1.29 is 22.8 Å². The third kappa shape index (κ3) is 3.59. The van der Waals surface area contributed by atoms with Crippen LogP contribution in [0.1, 0.15) is 11.3 Å². The normalized spacial score (nSPS) is 11.7. The Labute approximate surface area is 112 Å². The number of rotatable bonds is 4. The highest BCUT2D eigenvalue weighted by molar-refractivity contribution is 5.59. The second-order valence-corrected chi connectivity index (χ2v) is 3.98. The highest BCUT2D eigenvalue weighted by Crippen LogP contribution is 2.38. The summed E-state index contributed by atoms with van der Waals surface area (Å²) >= 11 is 0. The van der Waals surface area contributed by atoms with Gasteiger partial charge in [-0.25, -0.2) is 4.98 Å². The van der Waals surface area contributed by atoms with E-state index in [0.29, 0.717) is 6.07 Å². The zero-order valence-electron chi connectivity index (χ0n) is 10.9. The topological polar surface area (TPSA) is 68.5 Å². The number of aromatic nitrogens is 1. The molecule has 0 saturated carbocycles. The van der Waals surface area contributed by atoms with E-state index < -0.39 is 28.2 Å². The maximum Gasteiger partial charge on any atom is 0.421 e. The molecule has 0 N–H and O–H groups in total. The number of alkyl halides is 3. The molecule has 110 valence electrons. The van der Waals surface area contributed by atoms with Gasteiger partial charge in [0, 0.05) is 26.4 Å². The average Bonchev–Trinajstić information content (AvgIpc) is 2.33. The monoisotopic (exact) mass is 291 g/mol. The number of nitrogens with zero attached hydrogens (tertiary/aromatic N) is 3. The summed E-state index contributed by atoms with van der Waals surface area (Å²) in [5, 5.41) is 10.9. The van der Waals surface area contributed by atoms with Crippen molar-refractivity contribution in [2.45, 2.75) is 6.18 Å². The maximum absolute atomic E-state index is 12.8. The van der Waals surface area contributed by atoms with Crippen molar-refractivity contribution in [3.05, 3.63) is 33.6 Å². The van der Waals surface area contributed by atoms with E-state index in [1.807, 2.05) is 0 Å². The molecule has 1 aromatic rings. The SMILES string of the molecule is COc1nc(/C=C/N(C)C)c([N+](=O)[O-])cc1C(F)(F)F. The average molecular weight is 291 g/mol. The van der Waals surface area contributed by atoms with Crippen LogP contribution in [0.4, 0.5) is 18.9 Å². The van der Waals surface area contributed by atoms with E-state index in [4.69, 9.17) is 0 Å². The van der Waals surface area contributed by atoms with Crippen molar-refractivity contribution in [3.63, 3.8) is 0 Å². The van der Waals surface area contributed by atoms with Crippen LogP contribution in [0.5, 0.6) is 5.88 Å². The number of pyridine rings is 1. The van der Waals surface area contributed by atoms with Crippen LogP contribution in [-0.2, 0) is 6.18 Å². The molecule has 0 aromatic carbocycles. The van der Waals surface area contributed by atoms with E-state index in [1.54, 1.807) is 19.0 Å². The van der Waals surface area contributed by atoms with E-state index in [-0.39, 0.29) is 5.69 Å². The number of ether oxygens (including phenoxy) is 1. The van der Waals surface area contributed by atoms with E-state index in [0.717, 1.165) is 7.11 Å². The molecule has 0 atom stereocenters. The highest BCUT2D eigenvalue weighted by Gasteiger charge is 2.38.